The Bertz CT molecular complexity index is 2440. The van der Waals surface area contributed by atoms with Crippen molar-refractivity contribution in [3.63, 3.8) is 0 Å². The summed E-state index contributed by atoms with van der Waals surface area (Å²) in [5.41, 5.74) is 0. The Labute approximate surface area is 320 Å². The molecule has 11 rings (SSSR count). The van der Waals surface area contributed by atoms with Crippen LogP contribution >= 0.6 is 0 Å². The summed E-state index contributed by atoms with van der Waals surface area (Å²) in [5.74, 6) is 0. The van der Waals surface area contributed by atoms with E-state index in [-0.39, 0.29) is 0 Å². The Balaban J connectivity index is 0.000000130. The van der Waals surface area contributed by atoms with Gasteiger partial charge in [-0.25, -0.2) is 0 Å². The maximum Gasteiger partial charge on any atom is -0.00268 e. The van der Waals surface area contributed by atoms with E-state index < -0.39 is 0 Å². The van der Waals surface area contributed by atoms with Gasteiger partial charge in [0.05, 0.1) is 0 Å². The van der Waals surface area contributed by atoms with Gasteiger partial charge in [0.2, 0.25) is 0 Å². The van der Waals surface area contributed by atoms with Gasteiger partial charge in [-0.2, -0.15) is 0 Å². The first kappa shape index (κ1) is 37.5. The van der Waals surface area contributed by atoms with Gasteiger partial charge in [0.15, 0.2) is 0 Å². The SMILES string of the molecule is CC.CC.CC.c1cc2ccc3cccc4ccc(c1)c2c34.c1ccc2c(c1)c1ccccc1c1ccccc21.c1ccc2cc3ccccc3cc2c1. The Hall–Kier alpha value is -6.24. The van der Waals surface area contributed by atoms with E-state index in [1.165, 1.54) is 86.2 Å². The van der Waals surface area contributed by atoms with E-state index in [0.29, 0.717) is 0 Å². The van der Waals surface area contributed by atoms with Crippen molar-refractivity contribution in [3.8, 4) is 0 Å². The second kappa shape index (κ2) is 18.0. The molecule has 11 aromatic rings. The summed E-state index contributed by atoms with van der Waals surface area (Å²) in [6, 6.07) is 69.2. The highest BCUT2D eigenvalue weighted by molar-refractivity contribution is 6.25. The second-order valence-electron chi connectivity index (χ2n) is 12.5. The third kappa shape index (κ3) is 7.47. The lowest BCUT2D eigenvalue weighted by Crippen LogP contribution is -1.82. The largest absolute Gasteiger partial charge is 0.0683 e. The molecule has 0 radical (unpaired) electrons. The molecule has 0 aliphatic heterocycles. The smallest absolute Gasteiger partial charge is 0.00268 e. The summed E-state index contributed by atoms with van der Waals surface area (Å²) >= 11 is 0. The second-order valence-corrected chi connectivity index (χ2v) is 12.5. The van der Waals surface area contributed by atoms with Crippen LogP contribution in [-0.2, 0) is 0 Å². The molecule has 0 bridgehead atoms. The molecule has 54 heavy (non-hydrogen) atoms. The van der Waals surface area contributed by atoms with Crippen molar-refractivity contribution >= 4 is 86.2 Å². The quantitative estimate of drug-likeness (QED) is 0.109. The first-order chi connectivity index (χ1) is 26.8. The first-order valence-corrected chi connectivity index (χ1v) is 19.6. The molecule has 0 N–H and O–H groups in total. The Morgan fingerprint density at radius 3 is 0.593 bits per heavy atom. The molecule has 0 saturated heterocycles. The van der Waals surface area contributed by atoms with Crippen LogP contribution in [0.5, 0.6) is 0 Å². The van der Waals surface area contributed by atoms with Crippen molar-refractivity contribution in [3.05, 3.63) is 194 Å². The Morgan fingerprint density at radius 2 is 0.370 bits per heavy atom. The van der Waals surface area contributed by atoms with E-state index in [1.54, 1.807) is 0 Å². The van der Waals surface area contributed by atoms with Crippen LogP contribution < -0.4 is 0 Å². The monoisotopic (exact) mass is 698 g/mol. The van der Waals surface area contributed by atoms with Gasteiger partial charge < -0.3 is 0 Å². The van der Waals surface area contributed by atoms with Crippen LogP contribution in [0.4, 0.5) is 0 Å². The van der Waals surface area contributed by atoms with Crippen molar-refractivity contribution < 1.29 is 0 Å². The van der Waals surface area contributed by atoms with E-state index >= 15 is 0 Å². The van der Waals surface area contributed by atoms with Crippen molar-refractivity contribution in [1.29, 1.82) is 0 Å². The summed E-state index contributed by atoms with van der Waals surface area (Å²) < 4.78 is 0. The molecule has 266 valence electrons. The molecule has 0 fully saturated rings. The van der Waals surface area contributed by atoms with Crippen LogP contribution in [0.2, 0.25) is 0 Å². The van der Waals surface area contributed by atoms with E-state index in [4.69, 9.17) is 0 Å². The lowest BCUT2D eigenvalue weighted by molar-refractivity contribution is 1.50. The zero-order valence-electron chi connectivity index (χ0n) is 32.5. The predicted molar refractivity (Wildman–Crippen MR) is 245 cm³/mol. The summed E-state index contributed by atoms with van der Waals surface area (Å²) in [7, 11) is 0. The van der Waals surface area contributed by atoms with Gasteiger partial charge in [0.1, 0.15) is 0 Å². The normalized spacial score (nSPS) is 10.4. The van der Waals surface area contributed by atoms with Gasteiger partial charge >= 0.3 is 0 Å². The Kier molecular flexibility index (Phi) is 12.5. The molecule has 0 heteroatoms. The lowest BCUT2D eigenvalue weighted by atomic mass is 9.95. The predicted octanol–water partition coefficient (Wildman–Crippen LogP) is 16.8. The summed E-state index contributed by atoms with van der Waals surface area (Å²) in [5, 5.41) is 21.4. The number of hydrogen-bond acceptors (Lipinski definition) is 0. The average molecular weight is 699 g/mol. The van der Waals surface area contributed by atoms with E-state index in [1.807, 2.05) is 41.5 Å². The van der Waals surface area contributed by atoms with Crippen molar-refractivity contribution in [2.45, 2.75) is 41.5 Å². The highest BCUT2D eigenvalue weighted by Crippen LogP contribution is 2.35. The van der Waals surface area contributed by atoms with Gasteiger partial charge in [-0.1, -0.05) is 224 Å². The fourth-order valence-electron chi connectivity index (χ4n) is 7.41. The summed E-state index contributed by atoms with van der Waals surface area (Å²) in [6.45, 7) is 12.0. The van der Waals surface area contributed by atoms with Crippen LogP contribution in [0.3, 0.4) is 0 Å². The number of hydrogen-bond donors (Lipinski definition) is 0. The molecular formula is C54H50. The molecule has 0 unspecified atom stereocenters. The van der Waals surface area contributed by atoms with E-state index in [9.17, 15) is 0 Å². The van der Waals surface area contributed by atoms with Crippen LogP contribution in [0.15, 0.2) is 194 Å². The molecule has 0 saturated carbocycles. The fraction of sp³-hybridized carbons (Fsp3) is 0.111. The molecule has 0 spiro atoms. The minimum atomic E-state index is 1.31. The molecule has 0 aliphatic rings. The topological polar surface area (TPSA) is 0 Å². The van der Waals surface area contributed by atoms with Gasteiger partial charge in [-0.05, 0) is 98.3 Å². The average Bonchev–Trinajstić information content (AvgIpc) is 3.27. The maximum absolute atomic E-state index is 2.24. The van der Waals surface area contributed by atoms with Crippen molar-refractivity contribution in [2.24, 2.45) is 0 Å². The molecule has 0 amide bonds. The van der Waals surface area contributed by atoms with Crippen LogP contribution in [-0.4, -0.2) is 0 Å². The highest BCUT2D eigenvalue weighted by Gasteiger charge is 2.07. The van der Waals surface area contributed by atoms with Gasteiger partial charge in [0.25, 0.3) is 0 Å². The van der Waals surface area contributed by atoms with Crippen LogP contribution in [0.25, 0.3) is 86.2 Å². The minimum absolute atomic E-state index is 1.31. The Morgan fingerprint density at radius 1 is 0.185 bits per heavy atom. The standard InChI is InChI=1S/C18H12.C16H10.C14H10.3C2H6/c1-2-8-14-13(7-1)15-9-3-4-11-17(15)18-12-6-5-10-16(14)18;1-3-11-7-9-13-5-2-6-14-10-8-12(4-1)15(11)16(13)14;1-2-6-12-10-14-8-4-3-7-13(14)9-11(12)5-1;3*1-2/h1-12H;1-10H;1-10H;3*1-2H3. The zero-order chi connectivity index (χ0) is 37.9. The highest BCUT2D eigenvalue weighted by atomic mass is 14.1. The first-order valence-electron chi connectivity index (χ1n) is 19.6. The van der Waals surface area contributed by atoms with Gasteiger partial charge in [0, 0.05) is 0 Å². The van der Waals surface area contributed by atoms with Crippen LogP contribution in [0, 0.1) is 0 Å². The van der Waals surface area contributed by atoms with Crippen molar-refractivity contribution in [2.75, 3.05) is 0 Å². The third-order valence-electron chi connectivity index (χ3n) is 9.66. The van der Waals surface area contributed by atoms with Crippen LogP contribution in [0.1, 0.15) is 41.5 Å². The lowest BCUT2D eigenvalue weighted by Gasteiger charge is -2.09. The molecule has 11 aromatic carbocycles. The third-order valence-corrected chi connectivity index (χ3v) is 9.66. The molecule has 0 aliphatic carbocycles. The van der Waals surface area contributed by atoms with E-state index in [0.717, 1.165) is 0 Å². The molecule has 0 nitrogen and oxygen atoms in total. The number of fused-ring (bicyclic) bond motifs is 8. The van der Waals surface area contributed by atoms with Crippen molar-refractivity contribution in [1.82, 2.24) is 0 Å². The maximum atomic E-state index is 2.24. The molecule has 0 heterocycles. The minimum Gasteiger partial charge on any atom is -0.0683 e. The van der Waals surface area contributed by atoms with Gasteiger partial charge in [-0.3, -0.25) is 0 Å². The molecular weight excluding hydrogens is 649 g/mol. The number of benzene rings is 11. The summed E-state index contributed by atoms with van der Waals surface area (Å²) in [4.78, 5) is 0. The zero-order valence-corrected chi connectivity index (χ0v) is 32.5. The molecule has 0 aromatic heterocycles. The number of rotatable bonds is 0. The van der Waals surface area contributed by atoms with Gasteiger partial charge in [-0.15, -0.1) is 0 Å². The van der Waals surface area contributed by atoms with E-state index in [2.05, 4.69) is 194 Å². The molecule has 0 atom stereocenters. The fourth-order valence-corrected chi connectivity index (χ4v) is 7.41. The summed E-state index contributed by atoms with van der Waals surface area (Å²) in [6.07, 6.45) is 0.